The van der Waals surface area contributed by atoms with Gasteiger partial charge in [0.15, 0.2) is 0 Å². The molecule has 0 bridgehead atoms. The Labute approximate surface area is 89.8 Å². The first kappa shape index (κ1) is 10.9. The van der Waals surface area contributed by atoms with E-state index in [4.69, 9.17) is 12.6 Å². The van der Waals surface area contributed by atoms with Gasteiger partial charge in [0.2, 0.25) is 0 Å². The second-order valence-electron chi connectivity index (χ2n) is 3.21. The Bertz CT molecular complexity index is 241. The molecular formula is C10H14BBrO. The van der Waals surface area contributed by atoms with Gasteiger partial charge in [-0.2, -0.15) is 0 Å². The molecule has 1 rings (SSSR count). The maximum atomic E-state index is 5.99. The standard InChI is InChI=1S/C10H14BBrO/c1-3-10-8(6-7(2)12)9(11)4-5-13-10/h6,9H,3-5H2,1-2H3/b7-6+. The van der Waals surface area contributed by atoms with Crippen molar-refractivity contribution >= 4 is 23.8 Å². The fourth-order valence-corrected chi connectivity index (χ4v) is 1.71. The van der Waals surface area contributed by atoms with E-state index in [1.807, 2.05) is 6.92 Å². The lowest BCUT2D eigenvalue weighted by Crippen LogP contribution is -2.12. The lowest BCUT2D eigenvalue weighted by atomic mass is 9.76. The van der Waals surface area contributed by atoms with Crippen LogP contribution in [0, 0.1) is 0 Å². The van der Waals surface area contributed by atoms with E-state index in [0.717, 1.165) is 35.3 Å². The normalized spacial score (nSPS) is 24.5. The molecule has 0 spiro atoms. The van der Waals surface area contributed by atoms with Crippen molar-refractivity contribution in [3.8, 4) is 0 Å². The summed E-state index contributed by atoms with van der Waals surface area (Å²) in [5.41, 5.74) is 1.14. The topological polar surface area (TPSA) is 9.23 Å². The zero-order valence-electron chi connectivity index (χ0n) is 8.14. The second kappa shape index (κ2) is 4.89. The maximum absolute atomic E-state index is 5.99. The molecule has 0 aliphatic carbocycles. The van der Waals surface area contributed by atoms with Gasteiger partial charge in [-0.15, -0.1) is 0 Å². The van der Waals surface area contributed by atoms with Gasteiger partial charge in [-0.3, -0.25) is 0 Å². The SMILES string of the molecule is [B]C1CCOC(CC)=C1/C=C(\C)Br. The number of ether oxygens (including phenoxy) is 1. The zero-order valence-corrected chi connectivity index (χ0v) is 9.73. The van der Waals surface area contributed by atoms with E-state index in [9.17, 15) is 0 Å². The molecule has 0 aromatic carbocycles. The first-order valence-electron chi connectivity index (χ1n) is 4.60. The van der Waals surface area contributed by atoms with E-state index in [0.29, 0.717) is 0 Å². The van der Waals surface area contributed by atoms with Crippen LogP contribution in [0.25, 0.3) is 0 Å². The summed E-state index contributed by atoms with van der Waals surface area (Å²) in [7, 11) is 5.99. The summed E-state index contributed by atoms with van der Waals surface area (Å²) >= 11 is 3.41. The summed E-state index contributed by atoms with van der Waals surface area (Å²) in [5, 5.41) is 0. The van der Waals surface area contributed by atoms with Crippen LogP contribution in [-0.4, -0.2) is 14.5 Å². The van der Waals surface area contributed by atoms with Crippen LogP contribution in [0.3, 0.4) is 0 Å². The molecule has 70 valence electrons. The van der Waals surface area contributed by atoms with Crippen LogP contribution in [0.4, 0.5) is 0 Å². The highest BCUT2D eigenvalue weighted by atomic mass is 79.9. The molecule has 1 aliphatic rings. The van der Waals surface area contributed by atoms with Crippen molar-refractivity contribution in [2.75, 3.05) is 6.61 Å². The molecule has 1 heterocycles. The van der Waals surface area contributed by atoms with Crippen molar-refractivity contribution in [3.63, 3.8) is 0 Å². The van der Waals surface area contributed by atoms with Gasteiger partial charge in [-0.05, 0) is 35.3 Å². The molecule has 1 nitrogen and oxygen atoms in total. The third-order valence-electron chi connectivity index (χ3n) is 2.10. The van der Waals surface area contributed by atoms with Gasteiger partial charge in [0, 0.05) is 6.42 Å². The van der Waals surface area contributed by atoms with E-state index < -0.39 is 0 Å². The van der Waals surface area contributed by atoms with Gasteiger partial charge in [0.25, 0.3) is 0 Å². The van der Waals surface area contributed by atoms with Crippen LogP contribution in [0.15, 0.2) is 21.9 Å². The number of hydrogen-bond donors (Lipinski definition) is 0. The van der Waals surface area contributed by atoms with Crippen molar-refractivity contribution in [3.05, 3.63) is 21.9 Å². The second-order valence-corrected chi connectivity index (χ2v) is 4.46. The van der Waals surface area contributed by atoms with E-state index in [-0.39, 0.29) is 5.82 Å². The van der Waals surface area contributed by atoms with Crippen molar-refractivity contribution in [1.29, 1.82) is 0 Å². The monoisotopic (exact) mass is 240 g/mol. The Balaban J connectivity index is 2.94. The van der Waals surface area contributed by atoms with Gasteiger partial charge in [0.1, 0.15) is 0 Å². The van der Waals surface area contributed by atoms with Crippen LogP contribution in [0.1, 0.15) is 26.7 Å². The number of rotatable bonds is 2. The minimum absolute atomic E-state index is 0.135. The third kappa shape index (κ3) is 2.90. The van der Waals surface area contributed by atoms with Crippen molar-refractivity contribution in [1.82, 2.24) is 0 Å². The molecule has 0 aromatic heterocycles. The Hall–Kier alpha value is -0.175. The van der Waals surface area contributed by atoms with Crippen LogP contribution in [-0.2, 0) is 4.74 Å². The van der Waals surface area contributed by atoms with Gasteiger partial charge < -0.3 is 4.74 Å². The third-order valence-corrected chi connectivity index (χ3v) is 2.33. The molecule has 0 N–H and O–H groups in total. The van der Waals surface area contributed by atoms with Gasteiger partial charge in [0.05, 0.1) is 20.2 Å². The lowest BCUT2D eigenvalue weighted by Gasteiger charge is -2.24. The largest absolute Gasteiger partial charge is 0.498 e. The maximum Gasteiger partial charge on any atom is 0.0984 e. The summed E-state index contributed by atoms with van der Waals surface area (Å²) < 4.78 is 6.64. The quantitative estimate of drug-likeness (QED) is 0.673. The zero-order chi connectivity index (χ0) is 9.84. The first-order valence-corrected chi connectivity index (χ1v) is 5.39. The average Bonchev–Trinajstić information content (AvgIpc) is 2.08. The molecular weight excluding hydrogens is 227 g/mol. The number of halogens is 1. The van der Waals surface area contributed by atoms with Crippen LogP contribution >= 0.6 is 15.9 Å². The molecule has 0 saturated heterocycles. The molecule has 0 amide bonds. The fourth-order valence-electron chi connectivity index (χ4n) is 1.46. The molecule has 2 radical (unpaired) electrons. The Morgan fingerprint density at radius 2 is 2.46 bits per heavy atom. The summed E-state index contributed by atoms with van der Waals surface area (Å²) in [6, 6.07) is 0. The Kier molecular flexibility index (Phi) is 4.11. The van der Waals surface area contributed by atoms with Crippen LogP contribution in [0.2, 0.25) is 5.82 Å². The Morgan fingerprint density at radius 3 is 3.00 bits per heavy atom. The number of hydrogen-bond acceptors (Lipinski definition) is 1. The summed E-state index contributed by atoms with van der Waals surface area (Å²) in [6.45, 7) is 4.84. The number of allylic oxidation sites excluding steroid dienone is 4. The van der Waals surface area contributed by atoms with E-state index in [1.54, 1.807) is 0 Å². The summed E-state index contributed by atoms with van der Waals surface area (Å²) in [4.78, 5) is 0. The highest BCUT2D eigenvalue weighted by molar-refractivity contribution is 9.11. The molecule has 0 fully saturated rings. The molecule has 1 aliphatic heterocycles. The average molecular weight is 241 g/mol. The molecule has 3 heteroatoms. The van der Waals surface area contributed by atoms with Crippen molar-refractivity contribution < 1.29 is 4.74 Å². The smallest absolute Gasteiger partial charge is 0.0984 e. The van der Waals surface area contributed by atoms with E-state index in [2.05, 4.69) is 28.9 Å². The fraction of sp³-hybridized carbons (Fsp3) is 0.600. The van der Waals surface area contributed by atoms with Crippen molar-refractivity contribution in [2.45, 2.75) is 32.5 Å². The molecule has 1 unspecified atom stereocenters. The van der Waals surface area contributed by atoms with Gasteiger partial charge in [-0.25, -0.2) is 0 Å². The molecule has 0 saturated carbocycles. The highest BCUT2D eigenvalue weighted by Crippen LogP contribution is 2.31. The van der Waals surface area contributed by atoms with Gasteiger partial charge in [-0.1, -0.05) is 22.9 Å². The molecule has 1 atom stereocenters. The Morgan fingerprint density at radius 1 is 1.77 bits per heavy atom. The summed E-state index contributed by atoms with van der Waals surface area (Å²) in [6.07, 6.45) is 3.89. The van der Waals surface area contributed by atoms with Crippen LogP contribution < -0.4 is 0 Å². The van der Waals surface area contributed by atoms with Gasteiger partial charge >= 0.3 is 0 Å². The molecule has 0 aromatic rings. The van der Waals surface area contributed by atoms with E-state index >= 15 is 0 Å². The predicted molar refractivity (Wildman–Crippen MR) is 60.1 cm³/mol. The van der Waals surface area contributed by atoms with Crippen molar-refractivity contribution in [2.24, 2.45) is 0 Å². The highest BCUT2D eigenvalue weighted by Gasteiger charge is 2.17. The minimum Gasteiger partial charge on any atom is -0.498 e. The first-order chi connectivity index (χ1) is 6.15. The predicted octanol–water partition coefficient (Wildman–Crippen LogP) is 3.33. The summed E-state index contributed by atoms with van der Waals surface area (Å²) in [5.74, 6) is 1.17. The minimum atomic E-state index is 0.135. The van der Waals surface area contributed by atoms with E-state index in [1.165, 1.54) is 0 Å². The lowest BCUT2D eigenvalue weighted by molar-refractivity contribution is 0.182. The molecule has 13 heavy (non-hydrogen) atoms. The van der Waals surface area contributed by atoms with Crippen LogP contribution in [0.5, 0.6) is 0 Å².